The van der Waals surface area contributed by atoms with Crippen LogP contribution in [-0.4, -0.2) is 14.8 Å². The number of pyridine rings is 1. The molecule has 0 saturated heterocycles. The van der Waals surface area contributed by atoms with Gasteiger partial charge in [-0.3, -0.25) is 0 Å². The van der Waals surface area contributed by atoms with Gasteiger partial charge in [0, 0.05) is 24.2 Å². The monoisotopic (exact) mass is 405 g/mol. The van der Waals surface area contributed by atoms with Crippen molar-refractivity contribution in [3.05, 3.63) is 58.8 Å². The van der Waals surface area contributed by atoms with Gasteiger partial charge in [-0.25, -0.2) is 27.2 Å². The summed E-state index contributed by atoms with van der Waals surface area (Å²) in [6.07, 6.45) is -4.76. The van der Waals surface area contributed by atoms with Gasteiger partial charge in [-0.1, -0.05) is 0 Å². The van der Waals surface area contributed by atoms with Crippen molar-refractivity contribution >= 4 is 0 Å². The van der Waals surface area contributed by atoms with Gasteiger partial charge in [0.15, 0.2) is 29.0 Å². The zero-order chi connectivity index (χ0) is 20.8. The number of rotatable bonds is 3. The number of hydrogen-bond donors (Lipinski definition) is 0. The molecule has 0 N–H and O–H groups in total. The Balaban J connectivity index is 2.09. The van der Waals surface area contributed by atoms with Gasteiger partial charge in [-0.05, 0) is 25.1 Å². The average molecular weight is 405 g/mol. The Kier molecular flexibility index (Phi) is 4.77. The minimum Gasteiger partial charge on any atom is -0.418 e. The van der Waals surface area contributed by atoms with Crippen LogP contribution in [0.5, 0.6) is 11.8 Å². The summed E-state index contributed by atoms with van der Waals surface area (Å²) in [5.74, 6) is -6.26. The van der Waals surface area contributed by atoms with Crippen molar-refractivity contribution in [3.8, 4) is 23.0 Å². The molecule has 1 aromatic carbocycles. The first kappa shape index (κ1) is 19.6. The molecular formula is C17H10F7N3O. The zero-order valence-electron chi connectivity index (χ0n) is 14.2. The van der Waals surface area contributed by atoms with E-state index < -0.39 is 58.2 Å². The number of nitrogens with zero attached hydrogens (tertiary/aromatic N) is 3. The third-order valence-corrected chi connectivity index (χ3v) is 3.79. The molecule has 28 heavy (non-hydrogen) atoms. The normalized spacial score (nSPS) is 11.8. The first-order chi connectivity index (χ1) is 13.0. The maximum absolute atomic E-state index is 14.4. The summed E-state index contributed by atoms with van der Waals surface area (Å²) >= 11 is 0. The molecule has 0 saturated carbocycles. The smallest absolute Gasteiger partial charge is 0.418 e. The van der Waals surface area contributed by atoms with Gasteiger partial charge in [0.1, 0.15) is 5.69 Å². The largest absolute Gasteiger partial charge is 0.435 e. The number of aromatic nitrogens is 3. The first-order valence-corrected chi connectivity index (χ1v) is 7.59. The molecular weight excluding hydrogens is 395 g/mol. The maximum Gasteiger partial charge on any atom is 0.435 e. The Hall–Kier alpha value is -3.11. The molecule has 3 rings (SSSR count). The highest BCUT2D eigenvalue weighted by Gasteiger charge is 2.35. The lowest BCUT2D eigenvalue weighted by Crippen LogP contribution is -2.06. The molecule has 0 aliphatic heterocycles. The first-order valence-electron chi connectivity index (χ1n) is 7.59. The third kappa shape index (κ3) is 3.51. The second kappa shape index (κ2) is 6.80. The second-order valence-corrected chi connectivity index (χ2v) is 5.74. The van der Waals surface area contributed by atoms with E-state index in [0.717, 1.165) is 26.1 Å². The van der Waals surface area contributed by atoms with E-state index in [1.807, 2.05) is 0 Å². The van der Waals surface area contributed by atoms with E-state index in [4.69, 9.17) is 4.74 Å². The van der Waals surface area contributed by atoms with Crippen LogP contribution in [0.1, 0.15) is 11.3 Å². The molecule has 11 heteroatoms. The summed E-state index contributed by atoms with van der Waals surface area (Å²) in [5, 5.41) is 3.20. The predicted molar refractivity (Wildman–Crippen MR) is 82.5 cm³/mol. The third-order valence-electron chi connectivity index (χ3n) is 3.79. The van der Waals surface area contributed by atoms with E-state index in [2.05, 4.69) is 10.1 Å². The fraction of sp³-hybridized carbons (Fsp3) is 0.176. The SMILES string of the molecule is Cc1c(F)c(Oc2cc(C(F)(F)F)nn2C)nc(-c2ccc(F)c(F)c2)c1F. The van der Waals surface area contributed by atoms with Crippen LogP contribution in [0.25, 0.3) is 11.3 Å². The molecule has 0 aliphatic carbocycles. The lowest BCUT2D eigenvalue weighted by atomic mass is 10.1. The number of hydrogen-bond acceptors (Lipinski definition) is 3. The average Bonchev–Trinajstić information content (AvgIpc) is 2.99. The second-order valence-electron chi connectivity index (χ2n) is 5.74. The van der Waals surface area contributed by atoms with E-state index in [0.29, 0.717) is 16.8 Å². The number of alkyl halides is 3. The summed E-state index contributed by atoms with van der Waals surface area (Å²) in [4.78, 5) is 3.60. The standard InChI is InChI=1S/C17H10F7N3O/c1-7-13(20)15(8-3-4-9(18)10(19)5-8)25-16(14(7)21)28-12-6-11(17(22,23)24)26-27(12)2/h3-6H,1-2H3. The van der Waals surface area contributed by atoms with Crippen LogP contribution < -0.4 is 4.74 Å². The molecule has 0 atom stereocenters. The molecule has 0 fully saturated rings. The summed E-state index contributed by atoms with van der Waals surface area (Å²) in [5.41, 5.74) is -2.63. The quantitative estimate of drug-likeness (QED) is 0.566. The van der Waals surface area contributed by atoms with Crippen molar-refractivity contribution in [1.82, 2.24) is 14.8 Å². The van der Waals surface area contributed by atoms with Gasteiger partial charge >= 0.3 is 6.18 Å². The predicted octanol–water partition coefficient (Wildman–Crippen LogP) is 5.16. The minimum absolute atomic E-state index is 0.217. The van der Waals surface area contributed by atoms with E-state index in [1.165, 1.54) is 0 Å². The summed E-state index contributed by atoms with van der Waals surface area (Å²) in [6.45, 7) is 1.03. The Labute approximate surface area is 153 Å². The van der Waals surface area contributed by atoms with E-state index in [9.17, 15) is 30.7 Å². The Morgan fingerprint density at radius 3 is 2.21 bits per heavy atom. The molecule has 2 heterocycles. The van der Waals surface area contributed by atoms with Crippen molar-refractivity contribution in [3.63, 3.8) is 0 Å². The summed E-state index contributed by atoms with van der Waals surface area (Å²) in [7, 11) is 1.12. The molecule has 0 radical (unpaired) electrons. The number of aryl methyl sites for hydroxylation is 1. The van der Waals surface area contributed by atoms with Gasteiger partial charge in [-0.2, -0.15) is 18.3 Å². The van der Waals surface area contributed by atoms with Crippen LogP contribution in [0.3, 0.4) is 0 Å². The van der Waals surface area contributed by atoms with Crippen LogP contribution in [0.4, 0.5) is 30.7 Å². The molecule has 148 valence electrons. The molecule has 0 unspecified atom stereocenters. The van der Waals surface area contributed by atoms with Crippen molar-refractivity contribution in [2.45, 2.75) is 13.1 Å². The van der Waals surface area contributed by atoms with Crippen LogP contribution in [0.15, 0.2) is 24.3 Å². The fourth-order valence-corrected chi connectivity index (χ4v) is 2.32. The van der Waals surface area contributed by atoms with E-state index in [1.54, 1.807) is 0 Å². The Morgan fingerprint density at radius 2 is 1.64 bits per heavy atom. The maximum atomic E-state index is 14.4. The molecule has 3 aromatic rings. The van der Waals surface area contributed by atoms with Gasteiger partial charge < -0.3 is 4.74 Å². The lowest BCUT2D eigenvalue weighted by Gasteiger charge is -2.12. The zero-order valence-corrected chi connectivity index (χ0v) is 14.2. The van der Waals surface area contributed by atoms with Crippen LogP contribution in [-0.2, 0) is 13.2 Å². The van der Waals surface area contributed by atoms with Crippen molar-refractivity contribution in [2.75, 3.05) is 0 Å². The molecule has 4 nitrogen and oxygen atoms in total. The van der Waals surface area contributed by atoms with Crippen LogP contribution in [0.2, 0.25) is 0 Å². The van der Waals surface area contributed by atoms with E-state index >= 15 is 0 Å². The van der Waals surface area contributed by atoms with Crippen molar-refractivity contribution in [1.29, 1.82) is 0 Å². The van der Waals surface area contributed by atoms with Gasteiger partial charge in [-0.15, -0.1) is 0 Å². The molecule has 2 aromatic heterocycles. The fourth-order valence-electron chi connectivity index (χ4n) is 2.32. The summed E-state index contributed by atoms with van der Waals surface area (Å²) < 4.78 is 99.2. The van der Waals surface area contributed by atoms with Crippen LogP contribution >= 0.6 is 0 Å². The van der Waals surface area contributed by atoms with Gasteiger partial charge in [0.25, 0.3) is 5.88 Å². The highest BCUT2D eigenvalue weighted by molar-refractivity contribution is 5.62. The highest BCUT2D eigenvalue weighted by atomic mass is 19.4. The Morgan fingerprint density at radius 1 is 0.964 bits per heavy atom. The van der Waals surface area contributed by atoms with Gasteiger partial charge in [0.05, 0.1) is 0 Å². The van der Waals surface area contributed by atoms with Gasteiger partial charge in [0.2, 0.25) is 5.88 Å². The minimum atomic E-state index is -4.76. The van der Waals surface area contributed by atoms with Crippen molar-refractivity contribution in [2.24, 2.45) is 7.05 Å². The number of halogens is 7. The van der Waals surface area contributed by atoms with Crippen molar-refractivity contribution < 1.29 is 35.5 Å². The van der Waals surface area contributed by atoms with Crippen LogP contribution in [0, 0.1) is 30.2 Å². The lowest BCUT2D eigenvalue weighted by molar-refractivity contribution is -0.141. The number of benzene rings is 1. The highest BCUT2D eigenvalue weighted by Crippen LogP contribution is 2.35. The van der Waals surface area contributed by atoms with E-state index in [-0.39, 0.29) is 5.56 Å². The summed E-state index contributed by atoms with van der Waals surface area (Å²) in [6, 6.07) is 2.89. The molecule has 0 aliphatic rings. The molecule has 0 amide bonds. The molecule has 0 spiro atoms. The number of ether oxygens (including phenoxy) is 1. The topological polar surface area (TPSA) is 39.9 Å². The Bertz CT molecular complexity index is 1060. The molecule has 0 bridgehead atoms.